The molecule has 0 N–H and O–H groups in total. The number of carbonyl (C=O) groups is 2. The highest BCUT2D eigenvalue weighted by molar-refractivity contribution is 6.31. The molecule has 144 valence electrons. The van der Waals surface area contributed by atoms with Crippen LogP contribution in [-0.2, 0) is 27.9 Å². The lowest BCUT2D eigenvalue weighted by molar-refractivity contribution is -0.154. The molecule has 2 rings (SSSR count). The van der Waals surface area contributed by atoms with Gasteiger partial charge < -0.3 is 9.64 Å². The Morgan fingerprint density at radius 3 is 2.74 bits per heavy atom. The van der Waals surface area contributed by atoms with Crippen molar-refractivity contribution in [3.05, 3.63) is 58.1 Å². The highest BCUT2D eigenvalue weighted by Gasteiger charge is 2.21. The molecule has 0 saturated heterocycles. The number of ether oxygens (including phenoxy) is 1. The molecular weight excluding hydrogens is 373 g/mol. The fourth-order valence-electron chi connectivity index (χ4n) is 2.55. The van der Waals surface area contributed by atoms with Crippen LogP contribution in [0.3, 0.4) is 0 Å². The second-order valence-electron chi connectivity index (χ2n) is 6.15. The van der Waals surface area contributed by atoms with Crippen molar-refractivity contribution >= 4 is 29.6 Å². The van der Waals surface area contributed by atoms with E-state index in [-0.39, 0.29) is 12.4 Å². The van der Waals surface area contributed by atoms with Crippen molar-refractivity contribution in [2.45, 2.75) is 26.5 Å². The number of nitrogens with zero attached hydrogens (tertiary/aromatic N) is 3. The molecule has 2 aromatic rings. The Morgan fingerprint density at radius 1 is 1.44 bits per heavy atom. The van der Waals surface area contributed by atoms with Gasteiger partial charge in [-0.25, -0.2) is 9.18 Å². The molecule has 0 aliphatic rings. The molecule has 6 nitrogen and oxygen atoms in total. The first-order valence-electron chi connectivity index (χ1n) is 8.26. The molecule has 8 heteroatoms. The highest BCUT2D eigenvalue weighted by Crippen LogP contribution is 2.20. The first kappa shape index (κ1) is 20.6. The summed E-state index contributed by atoms with van der Waals surface area (Å²) in [6, 6.07) is 5.97. The van der Waals surface area contributed by atoms with Gasteiger partial charge in [-0.3, -0.25) is 9.48 Å². The minimum Gasteiger partial charge on any atom is -0.449 e. The van der Waals surface area contributed by atoms with E-state index in [9.17, 15) is 14.0 Å². The smallest absolute Gasteiger partial charge is 0.331 e. The summed E-state index contributed by atoms with van der Waals surface area (Å²) in [6.07, 6.45) is 1.72. The minimum absolute atomic E-state index is 0.207. The van der Waals surface area contributed by atoms with Crippen LogP contribution in [0.2, 0.25) is 5.15 Å². The quantitative estimate of drug-likeness (QED) is 0.558. The fourth-order valence-corrected chi connectivity index (χ4v) is 2.79. The summed E-state index contributed by atoms with van der Waals surface area (Å²) in [5.41, 5.74) is 1.93. The van der Waals surface area contributed by atoms with E-state index >= 15 is 0 Å². The lowest BCUT2D eigenvalue weighted by atomic mass is 10.2. The fraction of sp³-hybridized carbons (Fsp3) is 0.316. The molecule has 0 aliphatic heterocycles. The first-order chi connectivity index (χ1) is 12.7. The van der Waals surface area contributed by atoms with Crippen LogP contribution < -0.4 is 0 Å². The second kappa shape index (κ2) is 8.81. The second-order valence-corrected chi connectivity index (χ2v) is 6.51. The topological polar surface area (TPSA) is 64.4 Å². The van der Waals surface area contributed by atoms with Gasteiger partial charge in [-0.2, -0.15) is 5.10 Å². The maximum absolute atomic E-state index is 13.2. The Morgan fingerprint density at radius 2 is 2.15 bits per heavy atom. The van der Waals surface area contributed by atoms with Gasteiger partial charge in [0, 0.05) is 32.3 Å². The molecule has 1 aromatic carbocycles. The number of halogens is 2. The van der Waals surface area contributed by atoms with E-state index in [1.54, 1.807) is 33.2 Å². The van der Waals surface area contributed by atoms with Gasteiger partial charge in [0.25, 0.3) is 5.91 Å². The van der Waals surface area contributed by atoms with Gasteiger partial charge in [-0.05, 0) is 37.6 Å². The molecule has 0 bridgehead atoms. The molecule has 1 aromatic heterocycles. The van der Waals surface area contributed by atoms with E-state index in [1.807, 2.05) is 0 Å². The zero-order valence-electron chi connectivity index (χ0n) is 15.6. The average molecular weight is 394 g/mol. The third-order valence-corrected chi connectivity index (χ3v) is 4.36. The largest absolute Gasteiger partial charge is 0.449 e. The molecule has 1 unspecified atom stereocenters. The molecular formula is C19H21ClFN3O3. The van der Waals surface area contributed by atoms with Crippen molar-refractivity contribution in [3.8, 4) is 0 Å². The summed E-state index contributed by atoms with van der Waals surface area (Å²) in [4.78, 5) is 25.7. The molecule has 0 fully saturated rings. The number of esters is 1. The maximum atomic E-state index is 13.2. The number of rotatable bonds is 6. The van der Waals surface area contributed by atoms with Crippen LogP contribution >= 0.6 is 11.6 Å². The van der Waals surface area contributed by atoms with Gasteiger partial charge in [0.2, 0.25) is 0 Å². The van der Waals surface area contributed by atoms with E-state index < -0.39 is 18.0 Å². The predicted molar refractivity (Wildman–Crippen MR) is 100 cm³/mol. The van der Waals surface area contributed by atoms with Crippen LogP contribution in [0.25, 0.3) is 6.08 Å². The summed E-state index contributed by atoms with van der Waals surface area (Å²) in [7, 11) is 3.26. The summed E-state index contributed by atoms with van der Waals surface area (Å²) in [6.45, 7) is 3.46. The number of amides is 1. The summed E-state index contributed by atoms with van der Waals surface area (Å²) < 4.78 is 19.9. The lowest BCUT2D eigenvalue weighted by Crippen LogP contribution is -2.36. The number of hydrogen-bond donors (Lipinski definition) is 0. The minimum atomic E-state index is -0.980. The van der Waals surface area contributed by atoms with Crippen molar-refractivity contribution in [2.75, 3.05) is 7.05 Å². The van der Waals surface area contributed by atoms with Crippen molar-refractivity contribution in [2.24, 2.45) is 7.05 Å². The third-order valence-electron chi connectivity index (χ3n) is 3.91. The monoisotopic (exact) mass is 393 g/mol. The standard InChI is InChI=1S/C19H21ClFN3O3/c1-12-16(18(20)24(4)22-12)8-9-17(25)27-13(2)19(26)23(3)11-14-6-5-7-15(21)10-14/h5-10,13H,11H2,1-4H3/b9-8+. The van der Waals surface area contributed by atoms with E-state index in [4.69, 9.17) is 16.3 Å². The molecule has 27 heavy (non-hydrogen) atoms. The van der Waals surface area contributed by atoms with E-state index in [0.717, 1.165) is 0 Å². The zero-order valence-corrected chi connectivity index (χ0v) is 16.3. The van der Waals surface area contributed by atoms with Crippen LogP contribution in [0.5, 0.6) is 0 Å². The average Bonchev–Trinajstić information content (AvgIpc) is 2.84. The number of benzene rings is 1. The van der Waals surface area contributed by atoms with Crippen LogP contribution in [0.15, 0.2) is 30.3 Å². The van der Waals surface area contributed by atoms with Crippen LogP contribution in [-0.4, -0.2) is 39.7 Å². The van der Waals surface area contributed by atoms with Crippen molar-refractivity contribution in [1.29, 1.82) is 0 Å². The number of carbonyl (C=O) groups excluding carboxylic acids is 2. The molecule has 1 heterocycles. The van der Waals surface area contributed by atoms with Crippen LogP contribution in [0.4, 0.5) is 4.39 Å². The molecule has 0 radical (unpaired) electrons. The van der Waals surface area contributed by atoms with Crippen molar-refractivity contribution in [3.63, 3.8) is 0 Å². The maximum Gasteiger partial charge on any atom is 0.331 e. The van der Waals surface area contributed by atoms with Crippen molar-refractivity contribution < 1.29 is 18.7 Å². The van der Waals surface area contributed by atoms with Gasteiger partial charge in [0.15, 0.2) is 6.10 Å². The summed E-state index contributed by atoms with van der Waals surface area (Å²) >= 11 is 6.09. The number of aryl methyl sites for hydroxylation is 2. The Balaban J connectivity index is 1.94. The number of likely N-dealkylation sites (N-methyl/N-ethyl adjacent to an activating group) is 1. The number of aromatic nitrogens is 2. The zero-order chi connectivity index (χ0) is 20.1. The molecule has 0 saturated carbocycles. The molecule has 0 aliphatic carbocycles. The Labute approximate surface area is 162 Å². The summed E-state index contributed by atoms with van der Waals surface area (Å²) in [5, 5.41) is 4.54. The van der Waals surface area contributed by atoms with Gasteiger partial charge in [0.05, 0.1) is 5.69 Å². The SMILES string of the molecule is Cc1nn(C)c(Cl)c1/C=C/C(=O)OC(C)C(=O)N(C)Cc1cccc(F)c1. The number of hydrogen-bond acceptors (Lipinski definition) is 4. The molecule has 1 atom stereocenters. The van der Waals surface area contributed by atoms with Gasteiger partial charge in [0.1, 0.15) is 11.0 Å². The Kier molecular flexibility index (Phi) is 6.74. The predicted octanol–water partition coefficient (Wildman–Crippen LogP) is 3.12. The van der Waals surface area contributed by atoms with Crippen LogP contribution in [0, 0.1) is 12.7 Å². The highest BCUT2D eigenvalue weighted by atomic mass is 35.5. The molecule has 1 amide bonds. The van der Waals surface area contributed by atoms with E-state index in [2.05, 4.69) is 5.10 Å². The Hall–Kier alpha value is -2.67. The Bertz CT molecular complexity index is 879. The third kappa shape index (κ3) is 5.40. The van der Waals surface area contributed by atoms with Gasteiger partial charge in [-0.1, -0.05) is 23.7 Å². The first-order valence-corrected chi connectivity index (χ1v) is 8.64. The van der Waals surface area contributed by atoms with Gasteiger partial charge in [-0.15, -0.1) is 0 Å². The lowest BCUT2D eigenvalue weighted by Gasteiger charge is -2.21. The van der Waals surface area contributed by atoms with Crippen molar-refractivity contribution in [1.82, 2.24) is 14.7 Å². The van der Waals surface area contributed by atoms with Gasteiger partial charge >= 0.3 is 5.97 Å². The summed E-state index contributed by atoms with van der Waals surface area (Å²) in [5.74, 6) is -1.44. The van der Waals surface area contributed by atoms with E-state index in [0.29, 0.717) is 22.0 Å². The molecule has 0 spiro atoms. The van der Waals surface area contributed by atoms with E-state index in [1.165, 1.54) is 40.8 Å². The van der Waals surface area contributed by atoms with Crippen LogP contribution in [0.1, 0.15) is 23.7 Å². The normalized spacial score (nSPS) is 12.2.